The van der Waals surface area contributed by atoms with Crippen molar-refractivity contribution < 1.29 is 13.2 Å². The summed E-state index contributed by atoms with van der Waals surface area (Å²) in [4.78, 5) is 4.04. The zero-order chi connectivity index (χ0) is 21.1. The standard InChI is InChI=1S/C22H17F3N4S/c1-15-5-7-19(8-6-15)29-20(17-9-11-26-12-10-17)27-28-21(29)30-14-16-3-2-4-18(13-16)22(23,24)25/h2-13H,14H2,1H3. The summed E-state index contributed by atoms with van der Waals surface area (Å²) in [7, 11) is 0. The van der Waals surface area contributed by atoms with Crippen molar-refractivity contribution in [3.63, 3.8) is 0 Å². The summed E-state index contributed by atoms with van der Waals surface area (Å²) >= 11 is 1.34. The molecule has 0 aliphatic carbocycles. The molecule has 2 aromatic carbocycles. The van der Waals surface area contributed by atoms with Crippen LogP contribution < -0.4 is 0 Å². The Morgan fingerprint density at radius 1 is 0.933 bits per heavy atom. The van der Waals surface area contributed by atoms with Gasteiger partial charge in [-0.3, -0.25) is 9.55 Å². The molecule has 0 spiro atoms. The normalized spacial score (nSPS) is 11.6. The first-order valence-electron chi connectivity index (χ1n) is 9.13. The summed E-state index contributed by atoms with van der Waals surface area (Å²) in [6.45, 7) is 2.00. The van der Waals surface area contributed by atoms with Gasteiger partial charge in [-0.15, -0.1) is 10.2 Å². The Balaban J connectivity index is 1.69. The summed E-state index contributed by atoms with van der Waals surface area (Å²) < 4.78 is 40.9. The highest BCUT2D eigenvalue weighted by Crippen LogP contribution is 2.32. The van der Waals surface area contributed by atoms with Crippen molar-refractivity contribution in [1.29, 1.82) is 0 Å². The van der Waals surface area contributed by atoms with Gasteiger partial charge < -0.3 is 0 Å². The summed E-state index contributed by atoms with van der Waals surface area (Å²) in [5.41, 5.74) is 2.76. The summed E-state index contributed by atoms with van der Waals surface area (Å²) in [5, 5.41) is 9.25. The fourth-order valence-electron chi connectivity index (χ4n) is 2.96. The smallest absolute Gasteiger partial charge is 0.270 e. The van der Waals surface area contributed by atoms with E-state index in [4.69, 9.17) is 0 Å². The Morgan fingerprint density at radius 3 is 2.37 bits per heavy atom. The van der Waals surface area contributed by atoms with Crippen LogP contribution in [-0.2, 0) is 11.9 Å². The largest absolute Gasteiger partial charge is 0.416 e. The number of benzene rings is 2. The lowest BCUT2D eigenvalue weighted by Gasteiger charge is -2.11. The highest BCUT2D eigenvalue weighted by molar-refractivity contribution is 7.98. The molecule has 0 atom stereocenters. The third-order valence-electron chi connectivity index (χ3n) is 4.49. The van der Waals surface area contributed by atoms with E-state index < -0.39 is 11.7 Å². The van der Waals surface area contributed by atoms with Gasteiger partial charge in [0.15, 0.2) is 11.0 Å². The molecule has 30 heavy (non-hydrogen) atoms. The van der Waals surface area contributed by atoms with E-state index >= 15 is 0 Å². The van der Waals surface area contributed by atoms with Crippen molar-refractivity contribution in [2.24, 2.45) is 0 Å². The number of rotatable bonds is 5. The number of thioether (sulfide) groups is 1. The van der Waals surface area contributed by atoms with Crippen molar-refractivity contribution in [2.75, 3.05) is 0 Å². The second kappa shape index (κ2) is 8.31. The van der Waals surface area contributed by atoms with Gasteiger partial charge in [0, 0.05) is 29.4 Å². The van der Waals surface area contributed by atoms with Crippen LogP contribution in [0.25, 0.3) is 17.1 Å². The van der Waals surface area contributed by atoms with E-state index in [2.05, 4.69) is 15.2 Å². The van der Waals surface area contributed by atoms with E-state index in [0.717, 1.165) is 22.9 Å². The number of hydrogen-bond donors (Lipinski definition) is 0. The molecule has 4 aromatic rings. The van der Waals surface area contributed by atoms with Crippen LogP contribution in [0.4, 0.5) is 13.2 Å². The van der Waals surface area contributed by atoms with Gasteiger partial charge in [0.1, 0.15) is 0 Å². The van der Waals surface area contributed by atoms with E-state index in [1.165, 1.54) is 23.9 Å². The lowest BCUT2D eigenvalue weighted by atomic mass is 10.1. The Labute approximate surface area is 175 Å². The molecule has 0 aliphatic rings. The zero-order valence-corrected chi connectivity index (χ0v) is 16.8. The first-order valence-corrected chi connectivity index (χ1v) is 10.1. The minimum absolute atomic E-state index is 0.338. The molecule has 4 nitrogen and oxygen atoms in total. The first-order chi connectivity index (χ1) is 14.4. The maximum absolute atomic E-state index is 13.0. The van der Waals surface area contributed by atoms with Gasteiger partial charge in [0.25, 0.3) is 0 Å². The molecular formula is C22H17F3N4S. The molecule has 8 heteroatoms. The van der Waals surface area contributed by atoms with Crippen molar-refractivity contribution in [3.8, 4) is 17.1 Å². The molecule has 0 aliphatic heterocycles. The van der Waals surface area contributed by atoms with Crippen molar-refractivity contribution in [2.45, 2.75) is 24.0 Å². The molecule has 0 bridgehead atoms. The van der Waals surface area contributed by atoms with Crippen LogP contribution in [0.15, 0.2) is 78.2 Å². The summed E-state index contributed by atoms with van der Waals surface area (Å²) in [6, 6.07) is 17.0. The molecule has 2 aromatic heterocycles. The Bertz CT molecular complexity index is 1140. The van der Waals surface area contributed by atoms with Gasteiger partial charge >= 0.3 is 6.18 Å². The number of nitrogens with zero attached hydrogens (tertiary/aromatic N) is 4. The fraction of sp³-hybridized carbons (Fsp3) is 0.136. The minimum atomic E-state index is -4.36. The molecule has 152 valence electrons. The highest BCUT2D eigenvalue weighted by atomic mass is 32.2. The van der Waals surface area contributed by atoms with Gasteiger partial charge in [-0.05, 0) is 42.8 Å². The molecule has 0 unspecified atom stereocenters. The molecule has 0 radical (unpaired) electrons. The summed E-state index contributed by atoms with van der Waals surface area (Å²) in [5.74, 6) is 0.984. The lowest BCUT2D eigenvalue weighted by molar-refractivity contribution is -0.137. The van der Waals surface area contributed by atoms with Gasteiger partial charge in [-0.25, -0.2) is 0 Å². The van der Waals surface area contributed by atoms with Crippen molar-refractivity contribution in [1.82, 2.24) is 19.7 Å². The average Bonchev–Trinajstić information content (AvgIpc) is 3.17. The van der Waals surface area contributed by atoms with Crippen LogP contribution >= 0.6 is 11.8 Å². The second-order valence-corrected chi connectivity index (χ2v) is 7.64. The quantitative estimate of drug-likeness (QED) is 0.370. The highest BCUT2D eigenvalue weighted by Gasteiger charge is 2.30. The molecule has 2 heterocycles. The van der Waals surface area contributed by atoms with Crippen LogP contribution in [0, 0.1) is 6.92 Å². The second-order valence-electron chi connectivity index (χ2n) is 6.70. The predicted molar refractivity (Wildman–Crippen MR) is 110 cm³/mol. The monoisotopic (exact) mass is 426 g/mol. The van der Waals surface area contributed by atoms with Crippen LogP contribution in [0.3, 0.4) is 0 Å². The van der Waals surface area contributed by atoms with Crippen LogP contribution in [0.2, 0.25) is 0 Å². The average molecular weight is 426 g/mol. The van der Waals surface area contributed by atoms with Crippen LogP contribution in [-0.4, -0.2) is 19.7 Å². The van der Waals surface area contributed by atoms with Crippen molar-refractivity contribution in [3.05, 3.63) is 89.7 Å². The van der Waals surface area contributed by atoms with Gasteiger partial charge in [-0.2, -0.15) is 13.2 Å². The fourth-order valence-corrected chi connectivity index (χ4v) is 3.86. The molecule has 0 amide bonds. The molecule has 0 saturated carbocycles. The molecule has 0 saturated heterocycles. The number of halogens is 3. The van der Waals surface area contributed by atoms with Gasteiger partial charge in [0.05, 0.1) is 5.56 Å². The third kappa shape index (κ3) is 4.38. The van der Waals surface area contributed by atoms with E-state index in [-0.39, 0.29) is 0 Å². The Kier molecular flexibility index (Phi) is 5.59. The third-order valence-corrected chi connectivity index (χ3v) is 5.49. The van der Waals surface area contributed by atoms with Gasteiger partial charge in [0.2, 0.25) is 0 Å². The minimum Gasteiger partial charge on any atom is -0.270 e. The van der Waals surface area contributed by atoms with E-state index in [1.54, 1.807) is 18.5 Å². The van der Waals surface area contributed by atoms with Crippen LogP contribution in [0.1, 0.15) is 16.7 Å². The van der Waals surface area contributed by atoms with Crippen molar-refractivity contribution >= 4 is 11.8 Å². The molecule has 0 fully saturated rings. The maximum Gasteiger partial charge on any atom is 0.416 e. The van der Waals surface area contributed by atoms with Gasteiger partial charge in [-0.1, -0.05) is 47.7 Å². The molecular weight excluding hydrogens is 409 g/mol. The topological polar surface area (TPSA) is 43.6 Å². The lowest BCUT2D eigenvalue weighted by Crippen LogP contribution is -2.05. The summed E-state index contributed by atoms with van der Waals surface area (Å²) in [6.07, 6.45) is -1.00. The number of aryl methyl sites for hydroxylation is 1. The van der Waals surface area contributed by atoms with Crippen LogP contribution in [0.5, 0.6) is 0 Å². The zero-order valence-electron chi connectivity index (χ0n) is 16.0. The van der Waals surface area contributed by atoms with E-state index in [0.29, 0.717) is 22.3 Å². The van der Waals surface area contributed by atoms with E-state index in [1.807, 2.05) is 47.9 Å². The number of aromatic nitrogens is 4. The Morgan fingerprint density at radius 2 is 1.67 bits per heavy atom. The number of alkyl halides is 3. The SMILES string of the molecule is Cc1ccc(-n2c(SCc3cccc(C(F)(F)F)c3)nnc2-c2ccncc2)cc1. The number of pyridine rings is 1. The predicted octanol–water partition coefficient (Wildman–Crippen LogP) is 5.95. The Hall–Kier alpha value is -3.13. The van der Waals surface area contributed by atoms with E-state index in [9.17, 15) is 13.2 Å². The molecule has 4 rings (SSSR count). The maximum atomic E-state index is 13.0. The molecule has 0 N–H and O–H groups in total. The first kappa shape index (κ1) is 20.2. The number of hydrogen-bond acceptors (Lipinski definition) is 4.